The maximum absolute atomic E-state index is 13.9. The Morgan fingerprint density at radius 3 is 2.62 bits per heavy atom. The van der Waals surface area contributed by atoms with E-state index in [1.807, 2.05) is 18.2 Å². The molecule has 0 heterocycles. The molecule has 2 aromatic rings. The summed E-state index contributed by atoms with van der Waals surface area (Å²) in [6, 6.07) is 12.2. The first-order chi connectivity index (χ1) is 12.4. The highest BCUT2D eigenvalue weighted by atomic mass is 32.2. The average Bonchev–Trinajstić information content (AvgIpc) is 2.64. The molecule has 0 saturated carbocycles. The van der Waals surface area contributed by atoms with Gasteiger partial charge in [-0.3, -0.25) is 4.79 Å². The molecule has 6 nitrogen and oxygen atoms in total. The summed E-state index contributed by atoms with van der Waals surface area (Å²) < 4.78 is 45.6. The molecule has 0 spiro atoms. The van der Waals surface area contributed by atoms with Crippen LogP contribution in [0, 0.1) is 5.82 Å². The van der Waals surface area contributed by atoms with Crippen molar-refractivity contribution >= 4 is 15.9 Å². The first-order valence-corrected chi connectivity index (χ1v) is 9.28. The van der Waals surface area contributed by atoms with Gasteiger partial charge >= 0.3 is 0 Å². The van der Waals surface area contributed by atoms with Gasteiger partial charge in [0.1, 0.15) is 23.1 Å². The van der Waals surface area contributed by atoms with Gasteiger partial charge in [-0.25, -0.2) is 17.5 Å². The third kappa shape index (κ3) is 5.40. The van der Waals surface area contributed by atoms with Crippen LogP contribution in [0.5, 0.6) is 5.75 Å². The number of rotatable bonds is 9. The van der Waals surface area contributed by atoms with E-state index in [4.69, 9.17) is 4.74 Å². The minimum absolute atomic E-state index is 0.0325. The Bertz CT molecular complexity index is 870. The summed E-state index contributed by atoms with van der Waals surface area (Å²) in [6.45, 7) is 3.80. The van der Waals surface area contributed by atoms with E-state index in [9.17, 15) is 17.6 Å². The number of halogens is 1. The first kappa shape index (κ1) is 19.6. The highest BCUT2D eigenvalue weighted by Crippen LogP contribution is 2.16. The number of ether oxygens (including phenoxy) is 1. The van der Waals surface area contributed by atoms with Gasteiger partial charge in [0, 0.05) is 12.1 Å². The number of benzene rings is 2. The molecule has 2 N–H and O–H groups in total. The van der Waals surface area contributed by atoms with Gasteiger partial charge in [-0.1, -0.05) is 24.3 Å². The van der Waals surface area contributed by atoms with E-state index in [0.717, 1.165) is 12.1 Å². The molecule has 0 fully saturated rings. The van der Waals surface area contributed by atoms with Crippen molar-refractivity contribution in [3.8, 4) is 5.75 Å². The quantitative estimate of drug-likeness (QED) is 0.517. The summed E-state index contributed by atoms with van der Waals surface area (Å²) in [6.07, 6.45) is 1.33. The van der Waals surface area contributed by atoms with Crippen LogP contribution in [0.3, 0.4) is 0 Å². The van der Waals surface area contributed by atoms with E-state index in [1.165, 1.54) is 12.1 Å². The van der Waals surface area contributed by atoms with Crippen LogP contribution in [0.25, 0.3) is 0 Å². The van der Waals surface area contributed by atoms with Crippen molar-refractivity contribution in [2.75, 3.05) is 19.7 Å². The van der Waals surface area contributed by atoms with E-state index >= 15 is 0 Å². The third-order valence-electron chi connectivity index (χ3n) is 3.30. The highest BCUT2D eigenvalue weighted by Gasteiger charge is 2.20. The van der Waals surface area contributed by atoms with E-state index in [2.05, 4.69) is 16.6 Å². The van der Waals surface area contributed by atoms with Crippen molar-refractivity contribution in [2.45, 2.75) is 4.90 Å². The summed E-state index contributed by atoms with van der Waals surface area (Å²) in [4.78, 5) is 11.5. The highest BCUT2D eigenvalue weighted by molar-refractivity contribution is 7.89. The minimum Gasteiger partial charge on any atom is -0.492 e. The van der Waals surface area contributed by atoms with E-state index in [0.29, 0.717) is 5.75 Å². The molecule has 0 radical (unpaired) electrons. The monoisotopic (exact) mass is 378 g/mol. The number of amides is 1. The van der Waals surface area contributed by atoms with Crippen LogP contribution in [0.2, 0.25) is 0 Å². The van der Waals surface area contributed by atoms with Gasteiger partial charge in [0.05, 0.1) is 6.54 Å². The lowest BCUT2D eigenvalue weighted by Crippen LogP contribution is -2.29. The Morgan fingerprint density at radius 2 is 1.92 bits per heavy atom. The van der Waals surface area contributed by atoms with E-state index in [1.54, 1.807) is 12.1 Å². The van der Waals surface area contributed by atoms with Gasteiger partial charge in [-0.05, 0) is 30.3 Å². The number of hydrogen-bond acceptors (Lipinski definition) is 4. The van der Waals surface area contributed by atoms with Gasteiger partial charge in [0.2, 0.25) is 10.0 Å². The predicted octanol–water partition coefficient (Wildman–Crippen LogP) is 2.10. The molecule has 0 aliphatic carbocycles. The molecule has 0 atom stereocenters. The fourth-order valence-electron chi connectivity index (χ4n) is 2.05. The average molecular weight is 378 g/mol. The normalized spacial score (nSPS) is 11.0. The lowest BCUT2D eigenvalue weighted by Gasteiger charge is -2.10. The number of hydrogen-bond donors (Lipinski definition) is 2. The zero-order valence-electron chi connectivity index (χ0n) is 13.9. The molecule has 0 bridgehead atoms. The maximum atomic E-state index is 13.9. The number of carbonyl (C=O) groups is 1. The minimum atomic E-state index is -4.07. The van der Waals surface area contributed by atoms with Crippen molar-refractivity contribution in [3.63, 3.8) is 0 Å². The second-order valence-corrected chi connectivity index (χ2v) is 6.94. The Morgan fingerprint density at radius 1 is 1.19 bits per heavy atom. The summed E-state index contributed by atoms with van der Waals surface area (Å²) in [5, 5.41) is 2.59. The molecule has 0 unspecified atom stereocenters. The Kier molecular flexibility index (Phi) is 6.88. The first-order valence-electron chi connectivity index (χ1n) is 7.80. The number of para-hydroxylation sites is 1. The summed E-state index contributed by atoms with van der Waals surface area (Å²) in [5.41, 5.74) is 0.0325. The molecule has 0 aromatic heterocycles. The molecule has 0 aliphatic rings. The van der Waals surface area contributed by atoms with Gasteiger partial charge < -0.3 is 10.1 Å². The van der Waals surface area contributed by atoms with Gasteiger partial charge in [-0.15, -0.1) is 6.58 Å². The molecule has 2 aromatic carbocycles. The maximum Gasteiger partial charge on any atom is 0.251 e. The largest absolute Gasteiger partial charge is 0.492 e. The Hall–Kier alpha value is -2.71. The van der Waals surface area contributed by atoms with Crippen LogP contribution in [-0.2, 0) is 10.0 Å². The van der Waals surface area contributed by atoms with E-state index in [-0.39, 0.29) is 25.3 Å². The van der Waals surface area contributed by atoms with E-state index < -0.39 is 26.6 Å². The van der Waals surface area contributed by atoms with Crippen LogP contribution in [0.15, 0.2) is 66.1 Å². The summed E-state index contributed by atoms with van der Waals surface area (Å²) >= 11 is 0. The SMILES string of the molecule is C=CCNS(=O)(=O)c1cc(C(=O)NCCOc2ccccc2)ccc1F. The van der Waals surface area contributed by atoms with Crippen molar-refractivity contribution in [1.82, 2.24) is 10.0 Å². The number of carbonyl (C=O) groups excluding carboxylic acids is 1. The lowest BCUT2D eigenvalue weighted by atomic mass is 10.2. The molecule has 0 aliphatic heterocycles. The molecule has 1 amide bonds. The van der Waals surface area contributed by atoms with Crippen molar-refractivity contribution in [1.29, 1.82) is 0 Å². The second-order valence-electron chi connectivity index (χ2n) is 5.20. The number of nitrogens with one attached hydrogen (secondary N) is 2. The van der Waals surface area contributed by atoms with Crippen molar-refractivity contribution < 1.29 is 22.3 Å². The molecule has 8 heteroatoms. The molecule has 26 heavy (non-hydrogen) atoms. The van der Waals surface area contributed by atoms with Gasteiger partial charge in [-0.2, -0.15) is 0 Å². The topological polar surface area (TPSA) is 84.5 Å². The zero-order chi connectivity index (χ0) is 19.0. The molecular weight excluding hydrogens is 359 g/mol. The van der Waals surface area contributed by atoms with Crippen LogP contribution in [0.4, 0.5) is 4.39 Å². The van der Waals surface area contributed by atoms with Gasteiger partial charge in [0.15, 0.2) is 0 Å². The van der Waals surface area contributed by atoms with Crippen LogP contribution in [-0.4, -0.2) is 34.0 Å². The molecule has 138 valence electrons. The van der Waals surface area contributed by atoms with Crippen LogP contribution < -0.4 is 14.8 Å². The smallest absolute Gasteiger partial charge is 0.251 e. The molecule has 0 saturated heterocycles. The van der Waals surface area contributed by atoms with Crippen LogP contribution in [0.1, 0.15) is 10.4 Å². The summed E-state index contributed by atoms with van der Waals surface area (Å²) in [5.74, 6) is -0.794. The van der Waals surface area contributed by atoms with Crippen molar-refractivity contribution in [3.05, 3.63) is 72.6 Å². The lowest BCUT2D eigenvalue weighted by molar-refractivity contribution is 0.0946. The Balaban J connectivity index is 1.98. The molecule has 2 rings (SSSR count). The van der Waals surface area contributed by atoms with Crippen molar-refractivity contribution in [2.24, 2.45) is 0 Å². The standard InChI is InChI=1S/C18H19FN2O4S/c1-2-10-21-26(23,24)17-13-14(8-9-16(17)19)18(22)20-11-12-25-15-6-4-3-5-7-15/h2-9,13,21H,1,10-12H2,(H,20,22). The third-order valence-corrected chi connectivity index (χ3v) is 4.74. The number of sulfonamides is 1. The second kappa shape index (κ2) is 9.12. The van der Waals surface area contributed by atoms with Crippen LogP contribution >= 0.6 is 0 Å². The summed E-state index contributed by atoms with van der Waals surface area (Å²) in [7, 11) is -4.07. The fourth-order valence-corrected chi connectivity index (χ4v) is 3.15. The molecular formula is C18H19FN2O4S. The zero-order valence-corrected chi connectivity index (χ0v) is 14.8. The predicted molar refractivity (Wildman–Crippen MR) is 96.1 cm³/mol. The Labute approximate surface area is 151 Å². The fraction of sp³-hybridized carbons (Fsp3) is 0.167. The van der Waals surface area contributed by atoms with Gasteiger partial charge in [0.25, 0.3) is 5.91 Å².